The number of carbonyl (C=O) groups excluding carboxylic acids is 3. The van der Waals surface area contributed by atoms with Crippen LogP contribution in [-0.4, -0.2) is 47.4 Å². The summed E-state index contributed by atoms with van der Waals surface area (Å²) in [6.07, 6.45) is 1.77. The second-order valence-electron chi connectivity index (χ2n) is 6.24. The van der Waals surface area contributed by atoms with Crippen molar-refractivity contribution in [2.45, 2.75) is 58.5 Å². The lowest BCUT2D eigenvalue weighted by atomic mass is 9.93. The van der Waals surface area contributed by atoms with Crippen molar-refractivity contribution >= 4 is 17.8 Å². The number of nitrogens with zero attached hydrogens (tertiary/aromatic N) is 1. The molecule has 1 aliphatic heterocycles. The molecule has 0 bridgehead atoms. The Labute approximate surface area is 132 Å². The Morgan fingerprint density at radius 1 is 1.32 bits per heavy atom. The van der Waals surface area contributed by atoms with Crippen molar-refractivity contribution in [3.63, 3.8) is 0 Å². The highest BCUT2D eigenvalue weighted by Crippen LogP contribution is 2.24. The highest BCUT2D eigenvalue weighted by Gasteiger charge is 2.49. The zero-order chi connectivity index (χ0) is 16.9. The highest BCUT2D eigenvalue weighted by atomic mass is 16.2. The Hall–Kier alpha value is -1.63. The zero-order valence-corrected chi connectivity index (χ0v) is 13.9. The first-order valence-electron chi connectivity index (χ1n) is 7.93. The van der Waals surface area contributed by atoms with Crippen LogP contribution >= 0.6 is 0 Å². The number of amides is 4. The molecular formula is C15H28N4O3. The minimum atomic E-state index is -0.872. The van der Waals surface area contributed by atoms with E-state index in [1.807, 2.05) is 27.7 Å². The predicted molar refractivity (Wildman–Crippen MR) is 84.0 cm³/mol. The van der Waals surface area contributed by atoms with Gasteiger partial charge in [0.1, 0.15) is 12.1 Å². The summed E-state index contributed by atoms with van der Waals surface area (Å²) in [5.74, 6) is -0.285. The monoisotopic (exact) mass is 312 g/mol. The van der Waals surface area contributed by atoms with Crippen molar-refractivity contribution in [3.05, 3.63) is 0 Å². The minimum Gasteiger partial charge on any atom is -0.351 e. The van der Waals surface area contributed by atoms with Gasteiger partial charge in [-0.25, -0.2) is 4.79 Å². The third-order valence-corrected chi connectivity index (χ3v) is 4.16. The van der Waals surface area contributed by atoms with Gasteiger partial charge in [-0.15, -0.1) is 0 Å². The van der Waals surface area contributed by atoms with Crippen LogP contribution in [0.1, 0.15) is 47.0 Å². The second kappa shape index (κ2) is 7.58. The first-order chi connectivity index (χ1) is 10.3. The van der Waals surface area contributed by atoms with E-state index in [4.69, 9.17) is 5.73 Å². The van der Waals surface area contributed by atoms with E-state index in [-0.39, 0.29) is 24.4 Å². The largest absolute Gasteiger partial charge is 0.351 e. The normalized spacial score (nSPS) is 18.5. The molecule has 0 aromatic rings. The lowest BCUT2D eigenvalue weighted by molar-refractivity contribution is -0.135. The molecule has 4 N–H and O–H groups in total. The van der Waals surface area contributed by atoms with E-state index in [2.05, 4.69) is 10.6 Å². The molecule has 22 heavy (non-hydrogen) atoms. The second-order valence-corrected chi connectivity index (χ2v) is 6.24. The maximum Gasteiger partial charge on any atom is 0.325 e. The molecule has 1 unspecified atom stereocenters. The van der Waals surface area contributed by atoms with Crippen LogP contribution in [0.5, 0.6) is 0 Å². The maximum atomic E-state index is 12.4. The molecule has 1 aliphatic rings. The first-order valence-corrected chi connectivity index (χ1v) is 7.93. The number of imide groups is 1. The van der Waals surface area contributed by atoms with Gasteiger partial charge < -0.3 is 16.4 Å². The molecule has 7 heteroatoms. The van der Waals surface area contributed by atoms with Crippen molar-refractivity contribution in [1.82, 2.24) is 15.5 Å². The van der Waals surface area contributed by atoms with Crippen molar-refractivity contribution in [2.75, 3.05) is 13.1 Å². The van der Waals surface area contributed by atoms with Gasteiger partial charge in [-0.2, -0.15) is 0 Å². The summed E-state index contributed by atoms with van der Waals surface area (Å²) >= 11 is 0. The maximum absolute atomic E-state index is 12.4. The van der Waals surface area contributed by atoms with Crippen molar-refractivity contribution < 1.29 is 14.4 Å². The predicted octanol–water partition coefficient (Wildman–Crippen LogP) is 0.587. The summed E-state index contributed by atoms with van der Waals surface area (Å²) in [5, 5.41) is 5.50. The van der Waals surface area contributed by atoms with Gasteiger partial charge in [-0.1, -0.05) is 27.7 Å². The van der Waals surface area contributed by atoms with Crippen LogP contribution < -0.4 is 16.4 Å². The van der Waals surface area contributed by atoms with Crippen LogP contribution in [-0.2, 0) is 9.59 Å². The summed E-state index contributed by atoms with van der Waals surface area (Å²) < 4.78 is 0. The number of urea groups is 1. The summed E-state index contributed by atoms with van der Waals surface area (Å²) in [7, 11) is 0. The van der Waals surface area contributed by atoms with E-state index in [0.29, 0.717) is 25.3 Å². The lowest BCUT2D eigenvalue weighted by Gasteiger charge is -2.23. The minimum absolute atomic E-state index is 0.143. The third-order valence-electron chi connectivity index (χ3n) is 4.16. The number of hydrogen-bond donors (Lipinski definition) is 3. The van der Waals surface area contributed by atoms with E-state index < -0.39 is 11.6 Å². The van der Waals surface area contributed by atoms with E-state index in [1.54, 1.807) is 0 Å². The molecule has 0 aliphatic carbocycles. The molecule has 1 atom stereocenters. The fraction of sp³-hybridized carbons (Fsp3) is 0.800. The first kappa shape index (κ1) is 18.4. The number of rotatable bonds is 8. The van der Waals surface area contributed by atoms with E-state index >= 15 is 0 Å². The topological polar surface area (TPSA) is 105 Å². The van der Waals surface area contributed by atoms with E-state index in [9.17, 15) is 14.4 Å². The Kier molecular flexibility index (Phi) is 6.34. The number of nitrogens with one attached hydrogen (secondary N) is 2. The molecule has 0 spiro atoms. The van der Waals surface area contributed by atoms with Crippen LogP contribution in [0.15, 0.2) is 0 Å². The fourth-order valence-electron chi connectivity index (χ4n) is 2.75. The average Bonchev–Trinajstić information content (AvgIpc) is 2.70. The molecule has 0 aromatic heterocycles. The van der Waals surface area contributed by atoms with Crippen LogP contribution in [0.3, 0.4) is 0 Å². The van der Waals surface area contributed by atoms with E-state index in [0.717, 1.165) is 11.3 Å². The SMILES string of the molecule is CCC1(CC)NC(=O)N(CC(=O)NC(CN)CC(C)C)C1=O. The molecule has 4 amide bonds. The quantitative estimate of drug-likeness (QED) is 0.570. The Bertz CT molecular complexity index is 433. The number of nitrogens with two attached hydrogens (primary N) is 1. The van der Waals surface area contributed by atoms with Crippen LogP contribution in [0.4, 0.5) is 4.79 Å². The third kappa shape index (κ3) is 3.97. The molecule has 0 saturated carbocycles. The smallest absolute Gasteiger partial charge is 0.325 e. The highest BCUT2D eigenvalue weighted by molar-refractivity contribution is 6.08. The molecule has 1 rings (SSSR count). The number of hydrogen-bond acceptors (Lipinski definition) is 4. The van der Waals surface area contributed by atoms with Crippen LogP contribution in [0.2, 0.25) is 0 Å². The standard InChI is InChI=1S/C15H28N4O3/c1-5-15(6-2)13(21)19(14(22)18-15)9-12(20)17-11(8-16)7-10(3)4/h10-11H,5-9,16H2,1-4H3,(H,17,20)(H,18,22). The van der Waals surface area contributed by atoms with Gasteiger partial charge in [0.05, 0.1) is 0 Å². The lowest BCUT2D eigenvalue weighted by Crippen LogP contribution is -2.48. The molecule has 1 saturated heterocycles. The Balaban J connectivity index is 2.68. The molecule has 126 valence electrons. The van der Waals surface area contributed by atoms with Gasteiger partial charge in [-0.3, -0.25) is 14.5 Å². The summed E-state index contributed by atoms with van der Waals surface area (Å²) in [6.45, 7) is 7.85. The molecule has 0 aromatic carbocycles. The Morgan fingerprint density at radius 2 is 1.91 bits per heavy atom. The van der Waals surface area contributed by atoms with E-state index in [1.165, 1.54) is 0 Å². The van der Waals surface area contributed by atoms with Crippen LogP contribution in [0, 0.1) is 5.92 Å². The average molecular weight is 312 g/mol. The van der Waals surface area contributed by atoms with Crippen LogP contribution in [0.25, 0.3) is 0 Å². The summed E-state index contributed by atoms with van der Waals surface area (Å²) in [5.41, 5.74) is 4.77. The van der Waals surface area contributed by atoms with Crippen molar-refractivity contribution in [2.24, 2.45) is 11.7 Å². The summed E-state index contributed by atoms with van der Waals surface area (Å²) in [6, 6.07) is -0.646. The van der Waals surface area contributed by atoms with Gasteiger partial charge in [0.15, 0.2) is 0 Å². The molecular weight excluding hydrogens is 284 g/mol. The van der Waals surface area contributed by atoms with Gasteiger partial charge in [0, 0.05) is 12.6 Å². The van der Waals surface area contributed by atoms with Crippen molar-refractivity contribution in [3.8, 4) is 0 Å². The zero-order valence-electron chi connectivity index (χ0n) is 13.9. The van der Waals surface area contributed by atoms with Gasteiger partial charge >= 0.3 is 6.03 Å². The van der Waals surface area contributed by atoms with Gasteiger partial charge in [0.25, 0.3) is 5.91 Å². The van der Waals surface area contributed by atoms with Gasteiger partial charge in [0.2, 0.25) is 5.91 Å². The molecule has 1 fully saturated rings. The molecule has 7 nitrogen and oxygen atoms in total. The Morgan fingerprint density at radius 3 is 2.32 bits per heavy atom. The number of carbonyl (C=O) groups is 3. The summed E-state index contributed by atoms with van der Waals surface area (Å²) in [4.78, 5) is 37.5. The van der Waals surface area contributed by atoms with Crippen molar-refractivity contribution in [1.29, 1.82) is 0 Å². The molecule has 0 radical (unpaired) electrons. The van der Waals surface area contributed by atoms with Gasteiger partial charge in [-0.05, 0) is 25.2 Å². The molecule has 1 heterocycles. The fourth-order valence-corrected chi connectivity index (χ4v) is 2.75.